The van der Waals surface area contributed by atoms with Gasteiger partial charge in [-0.3, -0.25) is 10.1 Å². The van der Waals surface area contributed by atoms with Gasteiger partial charge in [0.15, 0.2) is 0 Å². The molecule has 0 aliphatic carbocycles. The molecular weight excluding hydrogens is 218 g/mol. The molecule has 0 fully saturated rings. The number of halogens is 1. The van der Waals surface area contributed by atoms with E-state index >= 15 is 0 Å². The number of ether oxygens (including phenoxy) is 2. The summed E-state index contributed by atoms with van der Waals surface area (Å²) >= 11 is 5.32. The average molecular weight is 238 g/mol. The quantitative estimate of drug-likeness (QED) is 0.273. The largest absolute Gasteiger partial charge is 0.469 e. The van der Waals surface area contributed by atoms with Crippen molar-refractivity contribution in [3.05, 3.63) is 0 Å². The number of carbonyl (C=O) groups is 1. The molecule has 5 heteroatoms. The maximum atomic E-state index is 10.8. The van der Waals surface area contributed by atoms with Crippen molar-refractivity contribution in [2.75, 3.05) is 26.5 Å². The lowest BCUT2D eigenvalue weighted by atomic mass is 10.1. The number of hydrogen-bond donors (Lipinski definition) is 1. The van der Waals surface area contributed by atoms with Crippen molar-refractivity contribution in [1.82, 2.24) is 5.32 Å². The molecular formula is C10H20ClNO3. The first-order valence-corrected chi connectivity index (χ1v) is 5.76. The van der Waals surface area contributed by atoms with E-state index in [4.69, 9.17) is 16.3 Å². The summed E-state index contributed by atoms with van der Waals surface area (Å²) in [6.07, 6.45) is 4.70. The summed E-state index contributed by atoms with van der Waals surface area (Å²) in [6.45, 7) is 1.43. The fraction of sp³-hybridized carbons (Fsp3) is 0.900. The first-order chi connectivity index (χ1) is 7.31. The van der Waals surface area contributed by atoms with Gasteiger partial charge in [-0.2, -0.15) is 0 Å². The van der Waals surface area contributed by atoms with E-state index in [1.165, 1.54) is 7.11 Å². The van der Waals surface area contributed by atoms with Crippen molar-refractivity contribution < 1.29 is 14.3 Å². The minimum Gasteiger partial charge on any atom is -0.469 e. The van der Waals surface area contributed by atoms with Crippen LogP contribution in [0, 0.1) is 0 Å². The van der Waals surface area contributed by atoms with Gasteiger partial charge in [-0.15, -0.1) is 0 Å². The van der Waals surface area contributed by atoms with Crippen LogP contribution < -0.4 is 5.32 Å². The SMILES string of the molecule is COC(=O)CCCCCCNCOCCl. The molecule has 0 heterocycles. The van der Waals surface area contributed by atoms with Gasteiger partial charge in [0.1, 0.15) is 6.07 Å². The number of unbranched alkanes of at least 4 members (excludes halogenated alkanes) is 3. The van der Waals surface area contributed by atoms with Gasteiger partial charge in [0.2, 0.25) is 0 Å². The molecule has 0 aliphatic heterocycles. The number of nitrogens with one attached hydrogen (secondary N) is 1. The average Bonchev–Trinajstić information content (AvgIpc) is 2.26. The second-order valence-electron chi connectivity index (χ2n) is 3.20. The molecule has 1 N–H and O–H groups in total. The van der Waals surface area contributed by atoms with Gasteiger partial charge in [-0.1, -0.05) is 24.4 Å². The molecule has 0 atom stereocenters. The molecule has 0 radical (unpaired) electrons. The molecule has 0 saturated carbocycles. The topological polar surface area (TPSA) is 47.6 Å². The predicted octanol–water partition coefficient (Wildman–Crippen LogP) is 1.87. The monoisotopic (exact) mass is 237 g/mol. The summed E-state index contributed by atoms with van der Waals surface area (Å²) in [6, 6.07) is 0.228. The second-order valence-corrected chi connectivity index (χ2v) is 3.42. The van der Waals surface area contributed by atoms with E-state index < -0.39 is 0 Å². The minimum atomic E-state index is -0.122. The minimum absolute atomic E-state index is 0.122. The van der Waals surface area contributed by atoms with Crippen LogP contribution in [0.25, 0.3) is 0 Å². The Labute approximate surface area is 96.3 Å². The maximum Gasteiger partial charge on any atom is 0.305 e. The van der Waals surface area contributed by atoms with Crippen LogP contribution in [-0.2, 0) is 14.3 Å². The van der Waals surface area contributed by atoms with Gasteiger partial charge in [-0.05, 0) is 19.4 Å². The molecule has 0 aromatic carbocycles. The molecule has 0 aromatic heterocycles. The number of rotatable bonds is 10. The van der Waals surface area contributed by atoms with Crippen molar-refractivity contribution >= 4 is 17.6 Å². The highest BCUT2D eigenvalue weighted by molar-refractivity contribution is 6.17. The van der Waals surface area contributed by atoms with Crippen LogP contribution in [-0.4, -0.2) is 32.4 Å². The van der Waals surface area contributed by atoms with Gasteiger partial charge < -0.3 is 9.47 Å². The summed E-state index contributed by atoms with van der Waals surface area (Å²) in [5.74, 6) is -0.122. The summed E-state index contributed by atoms with van der Waals surface area (Å²) in [4.78, 5) is 10.8. The van der Waals surface area contributed by atoms with E-state index in [-0.39, 0.29) is 12.0 Å². The highest BCUT2D eigenvalue weighted by Gasteiger charge is 1.98. The van der Waals surface area contributed by atoms with Crippen molar-refractivity contribution in [1.29, 1.82) is 0 Å². The van der Waals surface area contributed by atoms with Crippen molar-refractivity contribution in [3.8, 4) is 0 Å². The predicted molar refractivity (Wildman–Crippen MR) is 59.8 cm³/mol. The van der Waals surface area contributed by atoms with Crippen LogP contribution >= 0.6 is 11.6 Å². The lowest BCUT2D eigenvalue weighted by Gasteiger charge is -2.03. The van der Waals surface area contributed by atoms with Crippen LogP contribution in [0.1, 0.15) is 32.1 Å². The Morgan fingerprint density at radius 2 is 2.00 bits per heavy atom. The summed E-state index contributed by atoms with van der Waals surface area (Å²) in [5.41, 5.74) is 0. The smallest absolute Gasteiger partial charge is 0.305 e. The van der Waals surface area contributed by atoms with E-state index in [9.17, 15) is 4.79 Å². The number of carbonyl (C=O) groups excluding carboxylic acids is 1. The lowest BCUT2D eigenvalue weighted by Crippen LogP contribution is -2.18. The Bertz CT molecular complexity index is 156. The molecule has 0 bridgehead atoms. The second kappa shape index (κ2) is 11.8. The fourth-order valence-corrected chi connectivity index (χ4v) is 1.24. The molecule has 4 nitrogen and oxygen atoms in total. The van der Waals surface area contributed by atoms with Crippen LogP contribution in [0.15, 0.2) is 0 Å². The number of methoxy groups -OCH3 is 1. The number of alkyl halides is 1. The molecule has 15 heavy (non-hydrogen) atoms. The van der Waals surface area contributed by atoms with Gasteiger partial charge >= 0.3 is 5.97 Å². The van der Waals surface area contributed by atoms with Crippen LogP contribution in [0.3, 0.4) is 0 Å². The third-order valence-electron chi connectivity index (χ3n) is 1.99. The first-order valence-electron chi connectivity index (χ1n) is 5.22. The zero-order valence-electron chi connectivity index (χ0n) is 9.26. The summed E-state index contributed by atoms with van der Waals surface area (Å²) < 4.78 is 9.44. The fourth-order valence-electron chi connectivity index (χ4n) is 1.16. The molecule has 0 rings (SSSR count). The highest BCUT2D eigenvalue weighted by atomic mass is 35.5. The third-order valence-corrected chi connectivity index (χ3v) is 2.15. The Balaban J connectivity index is 2.95. The maximum absolute atomic E-state index is 10.8. The standard InChI is InChI=1S/C10H20ClNO3/c1-14-10(13)6-4-2-3-5-7-12-9-15-8-11/h12H,2-9H2,1H3. The first kappa shape index (κ1) is 14.7. The van der Waals surface area contributed by atoms with E-state index in [0.29, 0.717) is 13.2 Å². The Hall–Kier alpha value is -0.320. The summed E-state index contributed by atoms with van der Waals surface area (Å²) in [5, 5.41) is 3.10. The zero-order chi connectivity index (χ0) is 11.4. The van der Waals surface area contributed by atoms with Gasteiger partial charge in [0, 0.05) is 6.42 Å². The molecule has 0 saturated heterocycles. The Kier molecular flexibility index (Phi) is 11.5. The number of hydrogen-bond acceptors (Lipinski definition) is 4. The van der Waals surface area contributed by atoms with Crippen molar-refractivity contribution in [2.24, 2.45) is 0 Å². The van der Waals surface area contributed by atoms with Crippen molar-refractivity contribution in [2.45, 2.75) is 32.1 Å². The molecule has 0 spiro atoms. The van der Waals surface area contributed by atoms with Crippen LogP contribution in [0.2, 0.25) is 0 Å². The normalized spacial score (nSPS) is 10.3. The molecule has 0 aliphatic rings. The lowest BCUT2D eigenvalue weighted by molar-refractivity contribution is -0.140. The number of esters is 1. The third kappa shape index (κ3) is 11.6. The highest BCUT2D eigenvalue weighted by Crippen LogP contribution is 2.02. The summed E-state index contributed by atoms with van der Waals surface area (Å²) in [7, 11) is 1.42. The van der Waals surface area contributed by atoms with Gasteiger partial charge in [-0.25, -0.2) is 0 Å². The Morgan fingerprint density at radius 1 is 1.27 bits per heavy atom. The van der Waals surface area contributed by atoms with E-state index in [1.807, 2.05) is 0 Å². The molecule has 90 valence electrons. The zero-order valence-corrected chi connectivity index (χ0v) is 10.0. The van der Waals surface area contributed by atoms with E-state index in [1.54, 1.807) is 0 Å². The van der Waals surface area contributed by atoms with Crippen molar-refractivity contribution in [3.63, 3.8) is 0 Å². The molecule has 0 aromatic rings. The van der Waals surface area contributed by atoms with E-state index in [0.717, 1.165) is 32.2 Å². The molecule has 0 unspecified atom stereocenters. The van der Waals surface area contributed by atoms with Crippen LogP contribution in [0.4, 0.5) is 0 Å². The van der Waals surface area contributed by atoms with E-state index in [2.05, 4.69) is 10.1 Å². The van der Waals surface area contributed by atoms with Gasteiger partial charge in [0.25, 0.3) is 0 Å². The Morgan fingerprint density at radius 3 is 2.67 bits per heavy atom. The van der Waals surface area contributed by atoms with Gasteiger partial charge in [0.05, 0.1) is 13.8 Å². The molecule has 0 amide bonds. The van der Waals surface area contributed by atoms with Crippen LogP contribution in [0.5, 0.6) is 0 Å².